The first-order valence-corrected chi connectivity index (χ1v) is 14.7. The fourth-order valence-corrected chi connectivity index (χ4v) is 5.11. The molecule has 0 spiro atoms. The molecule has 45 heavy (non-hydrogen) atoms. The molecule has 0 unspecified atom stereocenters. The van der Waals surface area contributed by atoms with Crippen molar-refractivity contribution in [3.63, 3.8) is 0 Å². The third kappa shape index (κ3) is 7.33. The predicted octanol–water partition coefficient (Wildman–Crippen LogP) is 4.80. The van der Waals surface area contributed by atoms with Gasteiger partial charge >= 0.3 is 6.18 Å². The Balaban J connectivity index is 1.16. The van der Waals surface area contributed by atoms with Crippen molar-refractivity contribution in [1.82, 2.24) is 24.4 Å². The van der Waals surface area contributed by atoms with Gasteiger partial charge in [-0.2, -0.15) is 18.2 Å². The second kappa shape index (κ2) is 12.3. The van der Waals surface area contributed by atoms with E-state index in [4.69, 9.17) is 0 Å². The van der Waals surface area contributed by atoms with Crippen LogP contribution in [0.5, 0.6) is 0 Å². The van der Waals surface area contributed by atoms with Crippen molar-refractivity contribution in [3.8, 4) is 11.8 Å². The number of carbonyl (C=O) groups is 2. The smallest absolute Gasteiger partial charge is 0.322 e. The molecular formula is C33H32F3N7O2. The number of hydrogen-bond acceptors (Lipinski definition) is 6. The summed E-state index contributed by atoms with van der Waals surface area (Å²) < 4.78 is 43.6. The molecule has 2 N–H and O–H groups in total. The van der Waals surface area contributed by atoms with Gasteiger partial charge < -0.3 is 10.2 Å². The number of aromatic nitrogens is 3. The first-order chi connectivity index (χ1) is 21.5. The van der Waals surface area contributed by atoms with Gasteiger partial charge in [0.1, 0.15) is 0 Å². The summed E-state index contributed by atoms with van der Waals surface area (Å²) >= 11 is 0. The van der Waals surface area contributed by atoms with Crippen molar-refractivity contribution < 1.29 is 22.8 Å². The van der Waals surface area contributed by atoms with Gasteiger partial charge in [0.25, 0.3) is 5.91 Å². The second-order valence-electron chi connectivity index (χ2n) is 11.6. The summed E-state index contributed by atoms with van der Waals surface area (Å²) in [5, 5.41) is 9.62. The molecule has 12 heteroatoms. The summed E-state index contributed by atoms with van der Waals surface area (Å²) in [4.78, 5) is 33.7. The van der Waals surface area contributed by atoms with Crippen LogP contribution in [0.1, 0.15) is 51.0 Å². The Morgan fingerprint density at radius 3 is 2.49 bits per heavy atom. The van der Waals surface area contributed by atoms with Gasteiger partial charge in [-0.25, -0.2) is 4.52 Å². The molecule has 2 aliphatic rings. The summed E-state index contributed by atoms with van der Waals surface area (Å²) in [6.45, 7) is 5.05. The lowest BCUT2D eigenvalue weighted by Crippen LogP contribution is -2.44. The van der Waals surface area contributed by atoms with E-state index in [2.05, 4.69) is 37.5 Å². The fraction of sp³-hybridized carbons (Fsp3) is 0.333. The average Bonchev–Trinajstić information content (AvgIpc) is 3.78. The topological polar surface area (TPSA) is 94.9 Å². The number of fused-ring (bicyclic) bond motifs is 1. The molecule has 4 aromatic rings. The van der Waals surface area contributed by atoms with Crippen LogP contribution in [-0.4, -0.2) is 69.4 Å². The number of benzene rings is 2. The molecule has 1 aliphatic carbocycles. The van der Waals surface area contributed by atoms with Gasteiger partial charge in [0.15, 0.2) is 5.65 Å². The van der Waals surface area contributed by atoms with Crippen molar-refractivity contribution >= 4 is 29.1 Å². The molecule has 6 rings (SSSR count). The Hall–Kier alpha value is -4.73. The van der Waals surface area contributed by atoms with E-state index in [1.165, 1.54) is 12.1 Å². The zero-order valence-electron chi connectivity index (χ0n) is 24.9. The number of anilines is 2. The monoisotopic (exact) mass is 615 g/mol. The number of pyridine rings is 1. The third-order valence-corrected chi connectivity index (χ3v) is 8.02. The minimum absolute atomic E-state index is 0.0364. The van der Waals surface area contributed by atoms with Gasteiger partial charge in [-0.15, -0.1) is 5.10 Å². The number of nitrogens with zero attached hydrogens (tertiary/aromatic N) is 5. The van der Waals surface area contributed by atoms with Gasteiger partial charge in [0.05, 0.1) is 5.56 Å². The van der Waals surface area contributed by atoms with Gasteiger partial charge in [-0.1, -0.05) is 24.0 Å². The van der Waals surface area contributed by atoms with Crippen LogP contribution in [-0.2, 0) is 17.5 Å². The summed E-state index contributed by atoms with van der Waals surface area (Å²) in [5.74, 6) is 5.81. The minimum atomic E-state index is -4.56. The predicted molar refractivity (Wildman–Crippen MR) is 164 cm³/mol. The summed E-state index contributed by atoms with van der Waals surface area (Å²) in [6, 6.07) is 12.4. The number of amides is 2. The minimum Gasteiger partial charge on any atom is -0.322 e. The number of hydrogen-bond donors (Lipinski definition) is 2. The van der Waals surface area contributed by atoms with Crippen LogP contribution in [0.15, 0.2) is 54.7 Å². The molecule has 232 valence electrons. The molecule has 1 saturated heterocycles. The van der Waals surface area contributed by atoms with E-state index in [-0.39, 0.29) is 41.1 Å². The molecule has 2 amide bonds. The van der Waals surface area contributed by atoms with Gasteiger partial charge in [-0.05, 0) is 74.3 Å². The maximum Gasteiger partial charge on any atom is 0.416 e. The number of carbonyl (C=O) groups excluding carboxylic acids is 2. The number of aryl methyl sites for hydroxylation is 1. The number of piperazine rings is 1. The molecule has 2 fully saturated rings. The summed E-state index contributed by atoms with van der Waals surface area (Å²) in [6.07, 6.45) is -1.10. The lowest BCUT2D eigenvalue weighted by atomic mass is 10.0. The van der Waals surface area contributed by atoms with Gasteiger partial charge in [0.2, 0.25) is 11.9 Å². The van der Waals surface area contributed by atoms with Crippen LogP contribution in [0, 0.1) is 24.7 Å². The fourth-order valence-electron chi connectivity index (χ4n) is 5.11. The number of halogens is 3. The molecule has 1 aliphatic heterocycles. The first-order valence-electron chi connectivity index (χ1n) is 14.7. The second-order valence-corrected chi connectivity index (χ2v) is 11.6. The van der Waals surface area contributed by atoms with Crippen molar-refractivity contribution in [1.29, 1.82) is 0 Å². The standard InChI is InChI=1S/C33H32F3N7O2/c1-21-3-5-25(18-24(21)6-4-22-11-12-43-29(17-22)38-32(40-43)39-30(44)23-7-8-23)31(45)37-27-10-9-26(28(19-27)33(34,35)36)20-42-15-13-41(2)14-16-42/h3,5,9-12,17-19,23H,7-8,13-16,20H2,1-2H3,(H,37,45)(H,39,40,44). The highest BCUT2D eigenvalue weighted by molar-refractivity contribution is 6.04. The Labute approximate surface area is 258 Å². The molecular weight excluding hydrogens is 583 g/mol. The number of alkyl halides is 3. The normalized spacial score (nSPS) is 15.8. The highest BCUT2D eigenvalue weighted by Gasteiger charge is 2.34. The number of nitrogens with one attached hydrogen (secondary N) is 2. The van der Waals surface area contributed by atoms with E-state index < -0.39 is 17.6 Å². The highest BCUT2D eigenvalue weighted by atomic mass is 19.4. The Morgan fingerprint density at radius 1 is 0.978 bits per heavy atom. The summed E-state index contributed by atoms with van der Waals surface area (Å²) in [7, 11) is 1.99. The van der Waals surface area contributed by atoms with Crippen molar-refractivity contribution in [2.24, 2.45) is 5.92 Å². The largest absolute Gasteiger partial charge is 0.416 e. The van der Waals surface area contributed by atoms with Crippen LogP contribution in [0.4, 0.5) is 24.8 Å². The number of likely N-dealkylation sites (N-methyl/N-ethyl adjacent to an activating group) is 1. The van der Waals surface area contributed by atoms with Crippen LogP contribution in [0.2, 0.25) is 0 Å². The Bertz CT molecular complexity index is 1830. The lowest BCUT2D eigenvalue weighted by molar-refractivity contribution is -0.138. The average molecular weight is 616 g/mol. The third-order valence-electron chi connectivity index (χ3n) is 8.02. The highest BCUT2D eigenvalue weighted by Crippen LogP contribution is 2.35. The van der Waals surface area contributed by atoms with E-state index in [0.29, 0.717) is 29.9 Å². The maximum atomic E-state index is 14.0. The molecule has 1 saturated carbocycles. The van der Waals surface area contributed by atoms with Crippen LogP contribution in [0.25, 0.3) is 5.65 Å². The van der Waals surface area contributed by atoms with E-state index >= 15 is 0 Å². The molecule has 2 aromatic carbocycles. The quantitative estimate of drug-likeness (QED) is 0.303. The van der Waals surface area contributed by atoms with E-state index in [1.54, 1.807) is 41.0 Å². The van der Waals surface area contributed by atoms with Crippen LogP contribution >= 0.6 is 0 Å². The van der Waals surface area contributed by atoms with Crippen LogP contribution in [0.3, 0.4) is 0 Å². The van der Waals surface area contributed by atoms with E-state index in [1.807, 2.05) is 18.9 Å². The van der Waals surface area contributed by atoms with E-state index in [9.17, 15) is 22.8 Å². The number of rotatable bonds is 6. The zero-order chi connectivity index (χ0) is 31.7. The van der Waals surface area contributed by atoms with Crippen molar-refractivity contribution in [2.45, 2.75) is 32.5 Å². The molecule has 3 heterocycles. The van der Waals surface area contributed by atoms with Crippen LogP contribution < -0.4 is 10.6 Å². The maximum absolute atomic E-state index is 14.0. The Morgan fingerprint density at radius 2 is 1.76 bits per heavy atom. The van der Waals surface area contributed by atoms with Crippen molar-refractivity contribution in [3.05, 3.63) is 88.1 Å². The van der Waals surface area contributed by atoms with Crippen molar-refractivity contribution in [2.75, 3.05) is 43.9 Å². The zero-order valence-corrected chi connectivity index (χ0v) is 24.9. The van der Waals surface area contributed by atoms with Gasteiger partial charge in [-0.3, -0.25) is 19.8 Å². The lowest BCUT2D eigenvalue weighted by Gasteiger charge is -2.33. The molecule has 2 aromatic heterocycles. The van der Waals surface area contributed by atoms with Gasteiger partial charge in [0, 0.05) is 67.2 Å². The first kappa shape index (κ1) is 30.3. The SMILES string of the molecule is Cc1ccc(C(=O)Nc2ccc(CN3CCN(C)CC3)c(C(F)(F)F)c2)cc1C#Cc1ccn2nc(NC(=O)C3CC3)nc2c1. The molecule has 0 bridgehead atoms. The molecule has 9 nitrogen and oxygen atoms in total. The molecule has 0 atom stereocenters. The summed E-state index contributed by atoms with van der Waals surface area (Å²) in [5.41, 5.74) is 2.37. The Kier molecular flexibility index (Phi) is 8.31. The molecule has 0 radical (unpaired) electrons. The van der Waals surface area contributed by atoms with E-state index in [0.717, 1.165) is 37.6 Å².